The van der Waals surface area contributed by atoms with Crippen LogP contribution in [0.25, 0.3) is 10.8 Å². The minimum Gasteiger partial charge on any atom is -0.463 e. The Labute approximate surface area is 286 Å². The highest BCUT2D eigenvalue weighted by atomic mass is 16.5. The second-order valence-electron chi connectivity index (χ2n) is 12.9. The van der Waals surface area contributed by atoms with Crippen LogP contribution in [-0.4, -0.2) is 77.7 Å². The monoisotopic (exact) mass is 665 g/mol. The molecule has 0 aromatic heterocycles. The lowest BCUT2D eigenvalue weighted by Crippen LogP contribution is -2.56. The quantitative estimate of drug-likeness (QED) is 0.181. The first-order chi connectivity index (χ1) is 23.8. The number of ether oxygens (including phenoxy) is 2. The number of likely N-dealkylation sites (tertiary alicyclic amines) is 1. The molecule has 256 valence electrons. The van der Waals surface area contributed by atoms with E-state index in [1.165, 1.54) is 4.90 Å². The molecule has 10 heteroatoms. The normalized spacial score (nSPS) is 24.3. The molecule has 3 aromatic carbocycles. The zero-order valence-corrected chi connectivity index (χ0v) is 27.5. The summed E-state index contributed by atoms with van der Waals surface area (Å²) >= 11 is 0. The second kappa shape index (κ2) is 14.8. The Morgan fingerprint density at radius 2 is 1.82 bits per heavy atom. The zero-order chi connectivity index (χ0) is 34.5. The maximum Gasteiger partial charge on any atom is 0.306 e. The fourth-order valence-corrected chi connectivity index (χ4v) is 7.80. The zero-order valence-electron chi connectivity index (χ0n) is 27.5. The van der Waals surface area contributed by atoms with Crippen molar-refractivity contribution >= 4 is 40.2 Å². The van der Waals surface area contributed by atoms with E-state index in [-0.39, 0.29) is 51.0 Å². The van der Waals surface area contributed by atoms with Crippen LogP contribution in [0, 0.1) is 11.8 Å². The summed E-state index contributed by atoms with van der Waals surface area (Å²) in [5, 5.41) is 14.8. The highest BCUT2D eigenvalue weighted by Gasteiger charge is 2.74. The van der Waals surface area contributed by atoms with Gasteiger partial charge in [0.05, 0.1) is 24.0 Å². The number of carbonyl (C=O) groups is 4. The molecule has 1 spiro atoms. The molecule has 10 nitrogen and oxygen atoms in total. The highest BCUT2D eigenvalue weighted by molar-refractivity contribution is 6.05. The average Bonchev–Trinajstić information content (AvgIpc) is 3.77. The summed E-state index contributed by atoms with van der Waals surface area (Å²) in [6, 6.07) is 21.2. The lowest BCUT2D eigenvalue weighted by molar-refractivity contribution is -0.146. The van der Waals surface area contributed by atoms with Gasteiger partial charge in [-0.05, 0) is 54.2 Å². The number of carbonyl (C=O) groups excluding carboxylic acids is 4. The number of aliphatic hydroxyl groups is 1. The van der Waals surface area contributed by atoms with Crippen molar-refractivity contribution in [1.82, 2.24) is 10.2 Å². The molecule has 3 aromatic rings. The van der Waals surface area contributed by atoms with Gasteiger partial charge in [0.1, 0.15) is 18.2 Å². The van der Waals surface area contributed by atoms with Crippen molar-refractivity contribution < 1.29 is 33.8 Å². The van der Waals surface area contributed by atoms with Crippen LogP contribution >= 0.6 is 0 Å². The Morgan fingerprint density at radius 3 is 2.55 bits per heavy atom. The first-order valence-corrected chi connectivity index (χ1v) is 16.9. The van der Waals surface area contributed by atoms with Gasteiger partial charge in [-0.2, -0.15) is 0 Å². The van der Waals surface area contributed by atoms with Crippen LogP contribution in [0.5, 0.6) is 0 Å². The minimum atomic E-state index is -1.22. The summed E-state index contributed by atoms with van der Waals surface area (Å²) in [6.07, 6.45) is 4.59. The van der Waals surface area contributed by atoms with Gasteiger partial charge in [0.25, 0.3) is 5.91 Å². The molecule has 6 atom stereocenters. The summed E-state index contributed by atoms with van der Waals surface area (Å²) in [5.41, 5.74) is 0.191. The van der Waals surface area contributed by atoms with E-state index in [2.05, 4.69) is 18.5 Å². The minimum absolute atomic E-state index is 0.0836. The fraction of sp³-hybridized carbons (Fsp3) is 0.385. The van der Waals surface area contributed by atoms with Gasteiger partial charge in [-0.25, -0.2) is 0 Å². The number of anilines is 1. The van der Waals surface area contributed by atoms with Crippen LogP contribution in [0.2, 0.25) is 0 Å². The lowest BCUT2D eigenvalue weighted by Gasteiger charge is -2.37. The van der Waals surface area contributed by atoms with Gasteiger partial charge in [-0.1, -0.05) is 72.8 Å². The maximum atomic E-state index is 14.8. The van der Waals surface area contributed by atoms with Crippen LogP contribution in [0.4, 0.5) is 5.69 Å². The van der Waals surface area contributed by atoms with E-state index in [0.717, 1.165) is 16.3 Å². The molecular formula is C39H43N3O7. The molecule has 49 heavy (non-hydrogen) atoms. The molecule has 0 saturated carbocycles. The van der Waals surface area contributed by atoms with Crippen molar-refractivity contribution in [2.45, 2.75) is 55.9 Å². The summed E-state index contributed by atoms with van der Waals surface area (Å²) in [4.78, 5) is 58.9. The first-order valence-electron chi connectivity index (χ1n) is 16.9. The molecule has 0 unspecified atom stereocenters. The number of esters is 1. The number of benzene rings is 3. The van der Waals surface area contributed by atoms with E-state index >= 15 is 0 Å². The molecule has 3 amide bonds. The van der Waals surface area contributed by atoms with E-state index in [1.807, 2.05) is 72.8 Å². The van der Waals surface area contributed by atoms with Crippen molar-refractivity contribution in [3.05, 3.63) is 104 Å². The van der Waals surface area contributed by atoms with Gasteiger partial charge in [0.2, 0.25) is 11.8 Å². The van der Waals surface area contributed by atoms with Gasteiger partial charge in [-0.15, -0.1) is 13.2 Å². The standard InChI is InChI=1S/C39H43N3O7/c1-3-5-16-32(44)48-25-30(27-13-7-6-8-14-27)40-36(45)33-31-19-20-39(49-31)34(33)37(46)42(22-11-23-43)35(39)38(47)41(21-4-2)29-18-17-26-12-9-10-15-28(26)24-29/h3-4,6-10,12-15,17-18,24,30-31,33-35,43H,1-2,5,11,16,19-23,25H2,(H,40,45)/t30-,31-,33+,34+,35-,39+/m0/s1. The SMILES string of the molecule is C=CCCC(=O)OC[C@H](NC(=O)[C@@H]1[C@@H]2CC[C@]3(O2)[C@H](C(=O)N(CC=C)c2ccc4ccccc4c2)N(CCCO)C(=O)[C@@H]13)c1ccccc1. The molecule has 2 bridgehead atoms. The Balaban J connectivity index is 1.30. The summed E-state index contributed by atoms with van der Waals surface area (Å²) in [5.74, 6) is -3.20. The molecule has 3 saturated heterocycles. The number of aliphatic hydroxyl groups excluding tert-OH is 1. The Morgan fingerprint density at radius 1 is 1.06 bits per heavy atom. The van der Waals surface area contributed by atoms with Gasteiger partial charge in [0, 0.05) is 31.8 Å². The number of hydrogen-bond donors (Lipinski definition) is 2. The van der Waals surface area contributed by atoms with Crippen molar-refractivity contribution in [2.24, 2.45) is 11.8 Å². The summed E-state index contributed by atoms with van der Waals surface area (Å²) in [6.45, 7) is 7.63. The topological polar surface area (TPSA) is 125 Å². The van der Waals surface area contributed by atoms with Crippen LogP contribution < -0.4 is 10.2 Å². The third kappa shape index (κ3) is 6.50. The van der Waals surface area contributed by atoms with E-state index < -0.39 is 47.5 Å². The van der Waals surface area contributed by atoms with Gasteiger partial charge < -0.3 is 29.7 Å². The molecule has 0 radical (unpaired) electrons. The Kier molecular flexibility index (Phi) is 10.3. The number of hydrogen-bond acceptors (Lipinski definition) is 7. The van der Waals surface area contributed by atoms with E-state index in [9.17, 15) is 24.3 Å². The van der Waals surface area contributed by atoms with Crippen LogP contribution in [0.3, 0.4) is 0 Å². The van der Waals surface area contributed by atoms with Crippen molar-refractivity contribution in [3.8, 4) is 0 Å². The molecule has 3 aliphatic heterocycles. The van der Waals surface area contributed by atoms with E-state index in [4.69, 9.17) is 9.47 Å². The number of rotatable bonds is 15. The number of nitrogens with one attached hydrogen (secondary N) is 1. The third-order valence-electron chi connectivity index (χ3n) is 10.00. The highest BCUT2D eigenvalue weighted by Crippen LogP contribution is 2.58. The molecule has 0 aliphatic carbocycles. The summed E-state index contributed by atoms with van der Waals surface area (Å²) < 4.78 is 12.2. The molecular weight excluding hydrogens is 622 g/mol. The predicted molar refractivity (Wildman–Crippen MR) is 185 cm³/mol. The van der Waals surface area contributed by atoms with Crippen molar-refractivity contribution in [3.63, 3.8) is 0 Å². The average molecular weight is 666 g/mol. The maximum absolute atomic E-state index is 14.8. The fourth-order valence-electron chi connectivity index (χ4n) is 7.80. The number of allylic oxidation sites excluding steroid dienone is 1. The van der Waals surface area contributed by atoms with Gasteiger partial charge >= 0.3 is 5.97 Å². The largest absolute Gasteiger partial charge is 0.463 e. The van der Waals surface area contributed by atoms with Gasteiger partial charge in [0.15, 0.2) is 0 Å². The number of amides is 3. The van der Waals surface area contributed by atoms with Crippen LogP contribution in [0.15, 0.2) is 98.1 Å². The third-order valence-corrected chi connectivity index (χ3v) is 10.00. The molecule has 3 aliphatic rings. The molecule has 3 heterocycles. The molecule has 3 fully saturated rings. The Bertz CT molecular complexity index is 1730. The van der Waals surface area contributed by atoms with Crippen molar-refractivity contribution in [1.29, 1.82) is 0 Å². The smallest absolute Gasteiger partial charge is 0.306 e. The summed E-state index contributed by atoms with van der Waals surface area (Å²) in [7, 11) is 0. The van der Waals surface area contributed by atoms with Gasteiger partial charge in [-0.3, -0.25) is 19.2 Å². The molecule has 2 N–H and O–H groups in total. The number of nitrogens with zero attached hydrogens (tertiary/aromatic N) is 2. The predicted octanol–water partition coefficient (Wildman–Crippen LogP) is 4.48. The molecule has 6 rings (SSSR count). The van der Waals surface area contributed by atoms with E-state index in [1.54, 1.807) is 17.1 Å². The van der Waals surface area contributed by atoms with Crippen LogP contribution in [0.1, 0.15) is 43.7 Å². The Hall–Kier alpha value is -4.80. The lowest BCUT2D eigenvalue weighted by atomic mass is 9.70. The van der Waals surface area contributed by atoms with Crippen LogP contribution in [-0.2, 0) is 28.7 Å². The second-order valence-corrected chi connectivity index (χ2v) is 12.9. The number of fused-ring (bicyclic) bond motifs is 2. The van der Waals surface area contributed by atoms with E-state index in [0.29, 0.717) is 24.9 Å². The first kappa shape index (κ1) is 34.1. The van der Waals surface area contributed by atoms with Crippen molar-refractivity contribution in [2.75, 3.05) is 31.2 Å².